The third kappa shape index (κ3) is 1.73. The second-order valence-electron chi connectivity index (χ2n) is 3.10. The molecule has 2 aromatic rings. The third-order valence-electron chi connectivity index (χ3n) is 2.13. The van der Waals surface area contributed by atoms with Gasteiger partial charge in [0.25, 0.3) is 0 Å². The van der Waals surface area contributed by atoms with Crippen molar-refractivity contribution in [2.45, 2.75) is 6.04 Å². The van der Waals surface area contributed by atoms with Crippen molar-refractivity contribution < 1.29 is 8.78 Å². The van der Waals surface area contributed by atoms with Gasteiger partial charge in [0.2, 0.25) is 0 Å². The van der Waals surface area contributed by atoms with Crippen molar-refractivity contribution in [3.05, 3.63) is 53.6 Å². The summed E-state index contributed by atoms with van der Waals surface area (Å²) in [6.07, 6.45) is 3.08. The van der Waals surface area contributed by atoms with Crippen LogP contribution in [0.2, 0.25) is 0 Å². The largest absolute Gasteiger partial charge is 0.347 e. The van der Waals surface area contributed by atoms with E-state index in [2.05, 4.69) is 9.97 Å². The topological polar surface area (TPSA) is 54.7 Å². The van der Waals surface area contributed by atoms with Gasteiger partial charge in [-0.05, 0) is 6.07 Å². The minimum absolute atomic E-state index is 0.0879. The molecule has 3 nitrogen and oxygen atoms in total. The van der Waals surface area contributed by atoms with E-state index in [4.69, 9.17) is 5.73 Å². The average molecular weight is 209 g/mol. The fourth-order valence-corrected chi connectivity index (χ4v) is 1.36. The SMILES string of the molecule is NC(c1ncc[nH]1)c1cccc(F)c1F. The lowest BCUT2D eigenvalue weighted by atomic mass is 10.1. The molecule has 0 spiro atoms. The highest BCUT2D eigenvalue weighted by molar-refractivity contribution is 5.26. The number of imidazole rings is 1. The summed E-state index contributed by atoms with van der Waals surface area (Å²) >= 11 is 0. The van der Waals surface area contributed by atoms with Gasteiger partial charge in [0.15, 0.2) is 11.6 Å². The maximum atomic E-state index is 13.3. The van der Waals surface area contributed by atoms with E-state index in [0.717, 1.165) is 6.07 Å². The Morgan fingerprint density at radius 2 is 2.13 bits per heavy atom. The number of hydrogen-bond acceptors (Lipinski definition) is 2. The zero-order chi connectivity index (χ0) is 10.8. The highest BCUT2D eigenvalue weighted by atomic mass is 19.2. The monoisotopic (exact) mass is 209 g/mol. The smallest absolute Gasteiger partial charge is 0.164 e. The number of H-pyrrole nitrogens is 1. The van der Waals surface area contributed by atoms with Gasteiger partial charge in [0.1, 0.15) is 5.82 Å². The van der Waals surface area contributed by atoms with Crippen molar-refractivity contribution in [2.75, 3.05) is 0 Å². The van der Waals surface area contributed by atoms with E-state index < -0.39 is 17.7 Å². The van der Waals surface area contributed by atoms with Gasteiger partial charge in [-0.25, -0.2) is 13.8 Å². The Bertz CT molecular complexity index is 454. The quantitative estimate of drug-likeness (QED) is 0.791. The number of halogens is 2. The van der Waals surface area contributed by atoms with E-state index in [0.29, 0.717) is 5.82 Å². The Morgan fingerprint density at radius 1 is 1.33 bits per heavy atom. The number of benzene rings is 1. The number of nitrogens with two attached hydrogens (primary N) is 1. The maximum Gasteiger partial charge on any atom is 0.164 e. The Morgan fingerprint density at radius 3 is 2.80 bits per heavy atom. The molecular weight excluding hydrogens is 200 g/mol. The van der Waals surface area contributed by atoms with Gasteiger partial charge >= 0.3 is 0 Å². The van der Waals surface area contributed by atoms with Gasteiger partial charge < -0.3 is 10.7 Å². The molecule has 1 heterocycles. The molecule has 0 fully saturated rings. The molecule has 1 unspecified atom stereocenters. The number of nitrogens with one attached hydrogen (secondary N) is 1. The molecule has 0 radical (unpaired) electrons. The number of rotatable bonds is 2. The molecule has 15 heavy (non-hydrogen) atoms. The zero-order valence-corrected chi connectivity index (χ0v) is 7.74. The molecule has 5 heteroatoms. The summed E-state index contributed by atoms with van der Waals surface area (Å²) in [6.45, 7) is 0. The zero-order valence-electron chi connectivity index (χ0n) is 7.74. The summed E-state index contributed by atoms with van der Waals surface area (Å²) in [5.41, 5.74) is 5.82. The highest BCUT2D eigenvalue weighted by Gasteiger charge is 2.17. The summed E-state index contributed by atoms with van der Waals surface area (Å²) in [4.78, 5) is 6.65. The Kier molecular flexibility index (Phi) is 2.47. The van der Waals surface area contributed by atoms with Crippen LogP contribution in [0, 0.1) is 11.6 Å². The molecule has 2 rings (SSSR count). The highest BCUT2D eigenvalue weighted by Crippen LogP contribution is 2.20. The van der Waals surface area contributed by atoms with Gasteiger partial charge in [0.05, 0.1) is 6.04 Å². The molecule has 1 atom stereocenters. The van der Waals surface area contributed by atoms with Crippen LogP contribution in [0.15, 0.2) is 30.6 Å². The molecule has 1 aromatic heterocycles. The van der Waals surface area contributed by atoms with Crippen LogP contribution in [0.4, 0.5) is 8.78 Å². The number of aromatic amines is 1. The molecule has 0 bridgehead atoms. The Balaban J connectivity index is 2.42. The van der Waals surface area contributed by atoms with Crippen LogP contribution in [0.25, 0.3) is 0 Å². The van der Waals surface area contributed by atoms with Crippen LogP contribution < -0.4 is 5.73 Å². The van der Waals surface area contributed by atoms with E-state index in [-0.39, 0.29) is 5.56 Å². The first-order valence-electron chi connectivity index (χ1n) is 4.39. The summed E-state index contributed by atoms with van der Waals surface area (Å²) in [6, 6.07) is 3.12. The predicted molar refractivity (Wildman–Crippen MR) is 51.0 cm³/mol. The van der Waals surface area contributed by atoms with E-state index >= 15 is 0 Å². The van der Waals surface area contributed by atoms with Crippen molar-refractivity contribution >= 4 is 0 Å². The normalized spacial score (nSPS) is 12.7. The lowest BCUT2D eigenvalue weighted by molar-refractivity contribution is 0.493. The minimum Gasteiger partial charge on any atom is -0.347 e. The summed E-state index contributed by atoms with van der Waals surface area (Å²) in [5.74, 6) is -1.43. The van der Waals surface area contributed by atoms with E-state index in [9.17, 15) is 8.78 Å². The first kappa shape index (κ1) is 9.79. The van der Waals surface area contributed by atoms with Crippen molar-refractivity contribution in [1.82, 2.24) is 9.97 Å². The molecule has 0 saturated carbocycles. The van der Waals surface area contributed by atoms with Gasteiger partial charge in [-0.2, -0.15) is 0 Å². The van der Waals surface area contributed by atoms with Gasteiger partial charge in [-0.1, -0.05) is 12.1 Å². The first-order chi connectivity index (χ1) is 7.20. The van der Waals surface area contributed by atoms with Crippen molar-refractivity contribution in [1.29, 1.82) is 0 Å². The molecule has 1 aromatic carbocycles. The fraction of sp³-hybridized carbons (Fsp3) is 0.100. The molecule has 78 valence electrons. The first-order valence-corrected chi connectivity index (χ1v) is 4.39. The molecule has 0 amide bonds. The fourth-order valence-electron chi connectivity index (χ4n) is 1.36. The Hall–Kier alpha value is -1.75. The molecule has 0 aliphatic rings. The van der Waals surface area contributed by atoms with Crippen LogP contribution in [0.5, 0.6) is 0 Å². The standard InChI is InChI=1S/C10H9F2N3/c11-7-3-1-2-6(8(7)12)9(13)10-14-4-5-15-10/h1-5,9H,13H2,(H,14,15). The molecule has 0 aliphatic carbocycles. The number of nitrogens with zero attached hydrogens (tertiary/aromatic N) is 1. The summed E-state index contributed by atoms with van der Waals surface area (Å²) in [7, 11) is 0. The molecular formula is C10H9F2N3. The van der Waals surface area contributed by atoms with Crippen molar-refractivity contribution in [3.63, 3.8) is 0 Å². The molecule has 0 saturated heterocycles. The van der Waals surface area contributed by atoms with Crippen LogP contribution in [0.1, 0.15) is 17.4 Å². The van der Waals surface area contributed by atoms with Crippen LogP contribution in [-0.4, -0.2) is 9.97 Å². The lowest BCUT2D eigenvalue weighted by Crippen LogP contribution is -2.15. The summed E-state index contributed by atoms with van der Waals surface area (Å²) < 4.78 is 26.3. The third-order valence-corrected chi connectivity index (χ3v) is 2.13. The van der Waals surface area contributed by atoms with Crippen LogP contribution in [-0.2, 0) is 0 Å². The van der Waals surface area contributed by atoms with E-state index in [1.807, 2.05) is 0 Å². The van der Waals surface area contributed by atoms with Gasteiger partial charge in [0, 0.05) is 18.0 Å². The second-order valence-corrected chi connectivity index (χ2v) is 3.10. The number of hydrogen-bond donors (Lipinski definition) is 2. The van der Waals surface area contributed by atoms with E-state index in [1.54, 1.807) is 6.20 Å². The Labute approximate surface area is 85.0 Å². The average Bonchev–Trinajstić information content (AvgIpc) is 2.74. The van der Waals surface area contributed by atoms with Gasteiger partial charge in [-0.3, -0.25) is 0 Å². The van der Waals surface area contributed by atoms with Crippen molar-refractivity contribution in [3.8, 4) is 0 Å². The summed E-state index contributed by atoms with van der Waals surface area (Å²) in [5, 5.41) is 0. The number of aromatic nitrogens is 2. The van der Waals surface area contributed by atoms with Crippen molar-refractivity contribution in [2.24, 2.45) is 5.73 Å². The predicted octanol–water partition coefficient (Wildman–Crippen LogP) is 1.74. The maximum absolute atomic E-state index is 13.3. The second kappa shape index (κ2) is 3.78. The molecule has 3 N–H and O–H groups in total. The lowest BCUT2D eigenvalue weighted by Gasteiger charge is -2.10. The van der Waals surface area contributed by atoms with Gasteiger partial charge in [-0.15, -0.1) is 0 Å². The molecule has 0 aliphatic heterocycles. The van der Waals surface area contributed by atoms with Crippen LogP contribution >= 0.6 is 0 Å². The minimum atomic E-state index is -0.929. The van der Waals surface area contributed by atoms with Crippen LogP contribution in [0.3, 0.4) is 0 Å². The van der Waals surface area contributed by atoms with E-state index in [1.165, 1.54) is 18.3 Å².